The Morgan fingerprint density at radius 3 is 2.83 bits per heavy atom. The van der Waals surface area contributed by atoms with Crippen LogP contribution >= 0.6 is 0 Å². The van der Waals surface area contributed by atoms with Crippen LogP contribution in [0.3, 0.4) is 0 Å². The zero-order valence-corrected chi connectivity index (χ0v) is 12.2. The van der Waals surface area contributed by atoms with E-state index in [0.29, 0.717) is 0 Å². The zero-order chi connectivity index (χ0) is 13.6. The van der Waals surface area contributed by atoms with Crippen LogP contribution in [0.4, 0.5) is 0 Å². The lowest BCUT2D eigenvalue weighted by Crippen LogP contribution is -2.51. The molecule has 0 aliphatic carbocycles. The number of carbonyl (C=O) groups is 1. The van der Waals surface area contributed by atoms with E-state index in [1.165, 1.54) is 32.4 Å². The van der Waals surface area contributed by atoms with Gasteiger partial charge in [-0.3, -0.25) is 4.79 Å². The van der Waals surface area contributed by atoms with Crippen molar-refractivity contribution >= 4 is 5.91 Å². The first-order chi connectivity index (χ1) is 8.51. The van der Waals surface area contributed by atoms with E-state index in [-0.39, 0.29) is 5.91 Å². The lowest BCUT2D eigenvalue weighted by atomic mass is 9.93. The van der Waals surface area contributed by atoms with Crippen LogP contribution in [0.15, 0.2) is 0 Å². The lowest BCUT2D eigenvalue weighted by Gasteiger charge is -2.33. The Bertz CT molecular complexity index is 270. The number of nitrogens with two attached hydrogens (primary N) is 1. The minimum Gasteiger partial charge on any atom is -0.368 e. The van der Waals surface area contributed by atoms with Crippen molar-refractivity contribution < 1.29 is 4.79 Å². The Hall–Kier alpha value is -0.610. The molecule has 2 atom stereocenters. The van der Waals surface area contributed by atoms with Gasteiger partial charge in [0, 0.05) is 6.54 Å². The molecular weight excluding hydrogens is 226 g/mol. The Labute approximate surface area is 111 Å². The highest BCUT2D eigenvalue weighted by atomic mass is 16.1. The van der Waals surface area contributed by atoms with Gasteiger partial charge in [-0.1, -0.05) is 13.3 Å². The average molecular weight is 255 g/mol. The molecule has 3 N–H and O–H groups in total. The van der Waals surface area contributed by atoms with E-state index in [0.717, 1.165) is 25.3 Å². The van der Waals surface area contributed by atoms with E-state index in [2.05, 4.69) is 17.1 Å². The molecule has 1 aliphatic heterocycles. The number of amides is 1. The van der Waals surface area contributed by atoms with Crippen LogP contribution in [0.25, 0.3) is 0 Å². The average Bonchev–Trinajstić information content (AvgIpc) is 2.38. The van der Waals surface area contributed by atoms with Gasteiger partial charge < -0.3 is 16.0 Å². The summed E-state index contributed by atoms with van der Waals surface area (Å²) in [6.07, 6.45) is 5.81. The van der Waals surface area contributed by atoms with Crippen LogP contribution < -0.4 is 11.1 Å². The molecular formula is C14H29N3O. The number of carbonyl (C=O) groups excluding carboxylic acids is 1. The highest BCUT2D eigenvalue weighted by Crippen LogP contribution is 2.20. The second-order valence-electron chi connectivity index (χ2n) is 5.77. The molecule has 1 aliphatic rings. The molecule has 1 fully saturated rings. The molecule has 1 amide bonds. The molecule has 0 radical (unpaired) electrons. The van der Waals surface area contributed by atoms with E-state index in [4.69, 9.17) is 5.73 Å². The molecule has 0 bridgehead atoms. The van der Waals surface area contributed by atoms with Crippen LogP contribution in [-0.2, 0) is 4.79 Å². The number of rotatable bonds is 7. The molecule has 1 saturated heterocycles. The number of hydrogen-bond donors (Lipinski definition) is 2. The predicted octanol–water partition coefficient (Wildman–Crippen LogP) is 1.35. The Kier molecular flexibility index (Phi) is 6.09. The Balaban J connectivity index is 2.30. The molecule has 0 aromatic carbocycles. The molecule has 0 spiro atoms. The molecule has 4 nitrogen and oxygen atoms in total. The van der Waals surface area contributed by atoms with Gasteiger partial charge in [-0.15, -0.1) is 0 Å². The number of likely N-dealkylation sites (tertiary alicyclic amines) is 1. The van der Waals surface area contributed by atoms with E-state index in [9.17, 15) is 4.79 Å². The van der Waals surface area contributed by atoms with Gasteiger partial charge >= 0.3 is 0 Å². The quantitative estimate of drug-likeness (QED) is 0.722. The fourth-order valence-corrected chi connectivity index (χ4v) is 2.72. The number of piperidine rings is 1. The summed E-state index contributed by atoms with van der Waals surface area (Å²) in [5.41, 5.74) is 4.87. The van der Waals surface area contributed by atoms with Crippen molar-refractivity contribution in [2.24, 2.45) is 11.7 Å². The molecule has 2 unspecified atom stereocenters. The maximum Gasteiger partial charge on any atom is 0.237 e. The van der Waals surface area contributed by atoms with Crippen molar-refractivity contribution in [2.75, 3.05) is 26.7 Å². The summed E-state index contributed by atoms with van der Waals surface area (Å²) < 4.78 is 0. The smallest absolute Gasteiger partial charge is 0.237 e. The maximum atomic E-state index is 11.4. The SMILES string of the molecule is CCC1CCCN(CCCC(C)(NC)C(N)=O)C1. The summed E-state index contributed by atoms with van der Waals surface area (Å²) in [5, 5.41) is 3.04. The van der Waals surface area contributed by atoms with Gasteiger partial charge in [0.15, 0.2) is 0 Å². The monoisotopic (exact) mass is 255 g/mol. The maximum absolute atomic E-state index is 11.4. The third-order valence-corrected chi connectivity index (χ3v) is 4.43. The Morgan fingerprint density at radius 2 is 2.28 bits per heavy atom. The number of nitrogens with one attached hydrogen (secondary N) is 1. The third kappa shape index (κ3) is 4.25. The minimum absolute atomic E-state index is 0.255. The van der Waals surface area contributed by atoms with Crippen molar-refractivity contribution in [3.8, 4) is 0 Å². The Morgan fingerprint density at radius 1 is 1.56 bits per heavy atom. The first-order valence-corrected chi connectivity index (χ1v) is 7.23. The van der Waals surface area contributed by atoms with Crippen molar-refractivity contribution in [2.45, 2.75) is 51.5 Å². The van der Waals surface area contributed by atoms with Gasteiger partial charge in [-0.05, 0) is 58.7 Å². The number of likely N-dealkylation sites (N-methyl/N-ethyl adjacent to an activating group) is 1. The van der Waals surface area contributed by atoms with Crippen LogP contribution in [-0.4, -0.2) is 43.0 Å². The summed E-state index contributed by atoms with van der Waals surface area (Å²) in [6.45, 7) is 7.69. The molecule has 1 heterocycles. The van der Waals surface area contributed by atoms with E-state index < -0.39 is 5.54 Å². The molecule has 0 aromatic heterocycles. The van der Waals surface area contributed by atoms with Crippen molar-refractivity contribution in [1.29, 1.82) is 0 Å². The van der Waals surface area contributed by atoms with Gasteiger partial charge in [0.25, 0.3) is 0 Å². The number of hydrogen-bond acceptors (Lipinski definition) is 3. The largest absolute Gasteiger partial charge is 0.368 e. The molecule has 18 heavy (non-hydrogen) atoms. The van der Waals surface area contributed by atoms with Gasteiger partial charge in [0.2, 0.25) is 5.91 Å². The summed E-state index contributed by atoms with van der Waals surface area (Å²) in [7, 11) is 1.80. The summed E-state index contributed by atoms with van der Waals surface area (Å²) in [4.78, 5) is 13.9. The summed E-state index contributed by atoms with van der Waals surface area (Å²) in [5.74, 6) is 0.612. The van der Waals surface area contributed by atoms with Crippen LogP contribution in [0, 0.1) is 5.92 Å². The molecule has 0 saturated carbocycles. The van der Waals surface area contributed by atoms with Crippen LogP contribution in [0.5, 0.6) is 0 Å². The zero-order valence-electron chi connectivity index (χ0n) is 12.2. The number of nitrogens with zero attached hydrogens (tertiary/aromatic N) is 1. The molecule has 106 valence electrons. The van der Waals surface area contributed by atoms with Crippen molar-refractivity contribution in [3.63, 3.8) is 0 Å². The normalized spacial score (nSPS) is 24.7. The first-order valence-electron chi connectivity index (χ1n) is 7.23. The summed E-state index contributed by atoms with van der Waals surface area (Å²) in [6, 6.07) is 0. The van der Waals surface area contributed by atoms with Gasteiger partial charge in [0.05, 0.1) is 5.54 Å². The second-order valence-corrected chi connectivity index (χ2v) is 5.77. The molecule has 1 rings (SSSR count). The van der Waals surface area contributed by atoms with Gasteiger partial charge in [-0.2, -0.15) is 0 Å². The highest BCUT2D eigenvalue weighted by Gasteiger charge is 2.28. The van der Waals surface area contributed by atoms with Crippen LogP contribution in [0.1, 0.15) is 46.0 Å². The van der Waals surface area contributed by atoms with E-state index in [1.54, 1.807) is 7.05 Å². The number of primary amides is 1. The molecule has 0 aromatic rings. The highest BCUT2D eigenvalue weighted by molar-refractivity contribution is 5.84. The molecule has 4 heteroatoms. The second kappa shape index (κ2) is 7.10. The fourth-order valence-electron chi connectivity index (χ4n) is 2.72. The fraction of sp³-hybridized carbons (Fsp3) is 0.929. The van der Waals surface area contributed by atoms with Gasteiger partial charge in [-0.25, -0.2) is 0 Å². The first kappa shape index (κ1) is 15.4. The third-order valence-electron chi connectivity index (χ3n) is 4.43. The lowest BCUT2D eigenvalue weighted by molar-refractivity contribution is -0.123. The van der Waals surface area contributed by atoms with Crippen molar-refractivity contribution in [1.82, 2.24) is 10.2 Å². The van der Waals surface area contributed by atoms with Crippen molar-refractivity contribution in [3.05, 3.63) is 0 Å². The van der Waals surface area contributed by atoms with E-state index >= 15 is 0 Å². The van der Waals surface area contributed by atoms with Gasteiger partial charge in [0.1, 0.15) is 0 Å². The minimum atomic E-state index is -0.556. The summed E-state index contributed by atoms with van der Waals surface area (Å²) >= 11 is 0. The predicted molar refractivity (Wildman–Crippen MR) is 75.3 cm³/mol. The van der Waals surface area contributed by atoms with Crippen LogP contribution in [0.2, 0.25) is 0 Å². The standard InChI is InChI=1S/C14H29N3O/c1-4-12-7-5-9-17(11-12)10-6-8-14(2,16-3)13(15)18/h12,16H,4-11H2,1-3H3,(H2,15,18). The van der Waals surface area contributed by atoms with E-state index in [1.807, 2.05) is 6.92 Å². The topological polar surface area (TPSA) is 58.4 Å².